The summed E-state index contributed by atoms with van der Waals surface area (Å²) in [7, 11) is -3.71. The fraction of sp³-hybridized carbons (Fsp3) is 0.129. The van der Waals surface area contributed by atoms with E-state index in [1.54, 1.807) is 16.4 Å². The van der Waals surface area contributed by atoms with Gasteiger partial charge in [-0.3, -0.25) is 0 Å². The molecule has 174 valence electrons. The molecular formula is C31H27NO2S. The Bertz CT molecular complexity index is 1470. The van der Waals surface area contributed by atoms with Gasteiger partial charge in [0.15, 0.2) is 0 Å². The number of hydrogen-bond donors (Lipinski definition) is 0. The molecule has 0 amide bonds. The van der Waals surface area contributed by atoms with Crippen LogP contribution in [0.5, 0.6) is 0 Å². The number of aryl methyl sites for hydroxylation is 1. The zero-order valence-corrected chi connectivity index (χ0v) is 20.7. The van der Waals surface area contributed by atoms with Crippen LogP contribution in [-0.4, -0.2) is 19.3 Å². The summed E-state index contributed by atoms with van der Waals surface area (Å²) in [6.45, 7) is 4.16. The van der Waals surface area contributed by atoms with Crippen LogP contribution >= 0.6 is 0 Å². The normalized spacial score (nSPS) is 15.8. The molecule has 0 unspecified atom stereocenters. The molecule has 0 saturated carbocycles. The first-order valence-corrected chi connectivity index (χ1v) is 13.2. The van der Waals surface area contributed by atoms with E-state index in [9.17, 15) is 8.42 Å². The number of rotatable bonds is 4. The lowest BCUT2D eigenvalue weighted by Crippen LogP contribution is -2.38. The smallest absolute Gasteiger partial charge is 0.207 e. The highest BCUT2D eigenvalue weighted by Crippen LogP contribution is 2.39. The first-order chi connectivity index (χ1) is 16.9. The average molecular weight is 478 g/mol. The SMILES string of the molecule is Cc1ccc(S(=O)(=O)N2CC(=C=C(c3ccccc3)c3ccccc3)c3ccccc3[C@H]2C)cc1. The van der Waals surface area contributed by atoms with Gasteiger partial charge in [-0.05, 0) is 48.2 Å². The Morgan fingerprint density at radius 3 is 1.91 bits per heavy atom. The minimum absolute atomic E-state index is 0.248. The van der Waals surface area contributed by atoms with E-state index in [0.717, 1.165) is 39.0 Å². The standard InChI is InChI=1S/C31H27NO2S/c1-23-17-19-28(20-18-23)35(33,34)32-22-27(30-16-10-9-15-29(30)24(32)2)21-31(25-11-5-3-6-12-25)26-13-7-4-8-14-26/h3-20,24H,22H2,1-2H3/t24-/m1/s1. The molecule has 1 atom stereocenters. The van der Waals surface area contributed by atoms with Crippen molar-refractivity contribution in [2.45, 2.75) is 24.8 Å². The van der Waals surface area contributed by atoms with Crippen molar-refractivity contribution in [3.05, 3.63) is 143 Å². The molecule has 0 bridgehead atoms. The molecule has 4 heteroatoms. The monoisotopic (exact) mass is 477 g/mol. The van der Waals surface area contributed by atoms with Crippen LogP contribution in [0.2, 0.25) is 0 Å². The predicted molar refractivity (Wildman–Crippen MR) is 142 cm³/mol. The van der Waals surface area contributed by atoms with Gasteiger partial charge in [-0.15, -0.1) is 5.73 Å². The fourth-order valence-electron chi connectivity index (χ4n) is 4.59. The lowest BCUT2D eigenvalue weighted by Gasteiger charge is -2.35. The number of fused-ring (bicyclic) bond motifs is 1. The van der Waals surface area contributed by atoms with Crippen molar-refractivity contribution in [3.8, 4) is 0 Å². The van der Waals surface area contributed by atoms with Crippen LogP contribution in [0.4, 0.5) is 0 Å². The Hall–Kier alpha value is -3.69. The van der Waals surface area contributed by atoms with Crippen LogP contribution < -0.4 is 0 Å². The van der Waals surface area contributed by atoms with Crippen LogP contribution in [-0.2, 0) is 10.0 Å². The van der Waals surface area contributed by atoms with Crippen LogP contribution in [0.15, 0.2) is 120 Å². The summed E-state index contributed by atoms with van der Waals surface area (Å²) in [4.78, 5) is 0.309. The number of hydrogen-bond acceptors (Lipinski definition) is 2. The second kappa shape index (κ2) is 9.52. The maximum Gasteiger partial charge on any atom is 0.243 e. The quantitative estimate of drug-likeness (QED) is 0.301. The molecule has 1 heterocycles. The Kier molecular flexibility index (Phi) is 6.27. The van der Waals surface area contributed by atoms with Gasteiger partial charge in [0.1, 0.15) is 0 Å². The summed E-state index contributed by atoms with van der Waals surface area (Å²) in [6.07, 6.45) is 0. The van der Waals surface area contributed by atoms with Gasteiger partial charge in [-0.1, -0.05) is 103 Å². The van der Waals surface area contributed by atoms with Crippen LogP contribution in [0.1, 0.15) is 40.8 Å². The van der Waals surface area contributed by atoms with E-state index in [1.165, 1.54) is 0 Å². The highest BCUT2D eigenvalue weighted by molar-refractivity contribution is 7.89. The molecule has 0 aromatic heterocycles. The fourth-order valence-corrected chi connectivity index (χ4v) is 6.17. The van der Waals surface area contributed by atoms with E-state index in [-0.39, 0.29) is 12.6 Å². The summed E-state index contributed by atoms with van der Waals surface area (Å²) < 4.78 is 29.1. The zero-order valence-electron chi connectivity index (χ0n) is 19.8. The van der Waals surface area contributed by atoms with Crippen molar-refractivity contribution in [1.29, 1.82) is 0 Å². The third-order valence-electron chi connectivity index (χ3n) is 6.51. The van der Waals surface area contributed by atoms with Gasteiger partial charge in [-0.25, -0.2) is 8.42 Å². The largest absolute Gasteiger partial charge is 0.243 e. The van der Waals surface area contributed by atoms with Gasteiger partial charge in [-0.2, -0.15) is 4.31 Å². The summed E-state index contributed by atoms with van der Waals surface area (Å²) in [6, 6.07) is 35.1. The third-order valence-corrected chi connectivity index (χ3v) is 8.44. The summed E-state index contributed by atoms with van der Waals surface area (Å²) >= 11 is 0. The molecule has 1 aliphatic heterocycles. The Labute approximate surface area is 207 Å². The van der Waals surface area contributed by atoms with Gasteiger partial charge in [0.2, 0.25) is 10.0 Å². The summed E-state index contributed by atoms with van der Waals surface area (Å²) in [5.74, 6) is 0. The average Bonchev–Trinajstić information content (AvgIpc) is 2.89. The first-order valence-electron chi connectivity index (χ1n) is 11.7. The molecule has 3 nitrogen and oxygen atoms in total. The van der Waals surface area contributed by atoms with E-state index in [4.69, 9.17) is 0 Å². The summed E-state index contributed by atoms with van der Waals surface area (Å²) in [5, 5.41) is 0. The van der Waals surface area contributed by atoms with Crippen LogP contribution in [0.25, 0.3) is 11.1 Å². The molecule has 0 spiro atoms. The van der Waals surface area contributed by atoms with E-state index >= 15 is 0 Å². The molecule has 0 saturated heterocycles. The molecule has 0 aliphatic carbocycles. The van der Waals surface area contributed by atoms with E-state index < -0.39 is 10.0 Å². The van der Waals surface area contributed by atoms with Crippen molar-refractivity contribution in [3.63, 3.8) is 0 Å². The zero-order chi connectivity index (χ0) is 24.4. The van der Waals surface area contributed by atoms with Crippen molar-refractivity contribution in [1.82, 2.24) is 4.31 Å². The Morgan fingerprint density at radius 2 is 1.31 bits per heavy atom. The van der Waals surface area contributed by atoms with E-state index in [0.29, 0.717) is 4.90 Å². The second-order valence-electron chi connectivity index (χ2n) is 8.84. The molecule has 4 aromatic carbocycles. The number of benzene rings is 4. The maximum atomic E-state index is 13.8. The van der Waals surface area contributed by atoms with Crippen LogP contribution in [0, 0.1) is 6.92 Å². The van der Waals surface area contributed by atoms with E-state index in [2.05, 4.69) is 36.1 Å². The van der Waals surface area contributed by atoms with Crippen molar-refractivity contribution in [2.75, 3.05) is 6.54 Å². The highest BCUT2D eigenvalue weighted by atomic mass is 32.2. The van der Waals surface area contributed by atoms with Gasteiger partial charge < -0.3 is 0 Å². The molecule has 35 heavy (non-hydrogen) atoms. The predicted octanol–water partition coefficient (Wildman–Crippen LogP) is 6.87. The minimum Gasteiger partial charge on any atom is -0.207 e. The van der Waals surface area contributed by atoms with Gasteiger partial charge in [0.25, 0.3) is 0 Å². The molecule has 0 fully saturated rings. The van der Waals surface area contributed by atoms with Crippen LogP contribution in [0.3, 0.4) is 0 Å². The lowest BCUT2D eigenvalue weighted by atomic mass is 9.90. The first kappa shape index (κ1) is 23.1. The highest BCUT2D eigenvalue weighted by Gasteiger charge is 2.35. The topological polar surface area (TPSA) is 37.4 Å². The maximum absolute atomic E-state index is 13.8. The second-order valence-corrected chi connectivity index (χ2v) is 10.7. The molecular weight excluding hydrogens is 450 g/mol. The minimum atomic E-state index is -3.71. The molecule has 4 aromatic rings. The van der Waals surface area contributed by atoms with Crippen molar-refractivity contribution < 1.29 is 8.42 Å². The van der Waals surface area contributed by atoms with Gasteiger partial charge in [0.05, 0.1) is 4.90 Å². The third kappa shape index (κ3) is 4.52. The summed E-state index contributed by atoms with van der Waals surface area (Å²) in [5.41, 5.74) is 10.6. The van der Waals surface area contributed by atoms with Crippen molar-refractivity contribution >= 4 is 21.2 Å². The number of nitrogens with zero attached hydrogens (tertiary/aromatic N) is 1. The lowest BCUT2D eigenvalue weighted by molar-refractivity contribution is 0.365. The molecule has 1 aliphatic rings. The van der Waals surface area contributed by atoms with Gasteiger partial charge in [0, 0.05) is 23.7 Å². The molecule has 0 N–H and O–H groups in total. The number of sulfonamides is 1. The van der Waals surface area contributed by atoms with Crippen molar-refractivity contribution in [2.24, 2.45) is 0 Å². The molecule has 0 radical (unpaired) electrons. The molecule has 5 rings (SSSR count). The Balaban J connectivity index is 1.74. The van der Waals surface area contributed by atoms with Gasteiger partial charge >= 0.3 is 0 Å². The Morgan fingerprint density at radius 1 is 0.771 bits per heavy atom. The van der Waals surface area contributed by atoms with E-state index in [1.807, 2.05) is 80.6 Å².